The lowest BCUT2D eigenvalue weighted by molar-refractivity contribution is 0.112. The molecule has 2 aromatic rings. The van der Waals surface area contributed by atoms with Crippen LogP contribution in [0.3, 0.4) is 0 Å². The highest BCUT2D eigenvalue weighted by Gasteiger charge is 2.10. The minimum atomic E-state index is 0.165. The summed E-state index contributed by atoms with van der Waals surface area (Å²) in [7, 11) is 0. The van der Waals surface area contributed by atoms with E-state index in [1.165, 1.54) is 0 Å². The molecule has 0 saturated carbocycles. The van der Waals surface area contributed by atoms with Crippen LogP contribution in [0.1, 0.15) is 21.9 Å². The Bertz CT molecular complexity index is 541. The van der Waals surface area contributed by atoms with Crippen LogP contribution in [0.2, 0.25) is 5.15 Å². The van der Waals surface area contributed by atoms with E-state index >= 15 is 0 Å². The largest absolute Gasteiger partial charge is 0.469 e. The average molecular weight is 266 g/mol. The van der Waals surface area contributed by atoms with Crippen molar-refractivity contribution in [3.8, 4) is 0 Å². The number of anilines is 1. The second-order valence-corrected chi connectivity index (χ2v) is 4.06. The molecule has 0 aliphatic heterocycles. The summed E-state index contributed by atoms with van der Waals surface area (Å²) in [6.45, 7) is 2.32. The first-order chi connectivity index (χ1) is 8.70. The molecule has 0 saturated heterocycles. The summed E-state index contributed by atoms with van der Waals surface area (Å²) < 4.78 is 5.21. The molecule has 0 aliphatic carbocycles. The number of carbonyl (C=O) groups is 1. The number of aryl methyl sites for hydroxylation is 1. The van der Waals surface area contributed by atoms with E-state index in [9.17, 15) is 4.79 Å². The van der Waals surface area contributed by atoms with Crippen LogP contribution >= 0.6 is 11.6 Å². The van der Waals surface area contributed by atoms with Crippen molar-refractivity contribution in [2.45, 2.75) is 13.3 Å². The Morgan fingerprint density at radius 3 is 3.00 bits per heavy atom. The van der Waals surface area contributed by atoms with Crippen LogP contribution in [0.4, 0.5) is 5.82 Å². The molecule has 0 bridgehead atoms. The van der Waals surface area contributed by atoms with E-state index < -0.39 is 0 Å². The Balaban J connectivity index is 2.06. The molecular weight excluding hydrogens is 254 g/mol. The summed E-state index contributed by atoms with van der Waals surface area (Å²) in [6.07, 6.45) is 2.97. The summed E-state index contributed by atoms with van der Waals surface area (Å²) >= 11 is 5.87. The van der Waals surface area contributed by atoms with Crippen LogP contribution in [-0.2, 0) is 6.42 Å². The lowest BCUT2D eigenvalue weighted by Crippen LogP contribution is -2.10. The molecule has 6 heteroatoms. The molecule has 94 valence electrons. The number of nitrogens with one attached hydrogen (secondary N) is 1. The van der Waals surface area contributed by atoms with Gasteiger partial charge in [0.1, 0.15) is 22.6 Å². The number of hydrogen-bond acceptors (Lipinski definition) is 5. The van der Waals surface area contributed by atoms with Gasteiger partial charge in [-0.1, -0.05) is 11.6 Å². The smallest absolute Gasteiger partial charge is 0.156 e. The maximum atomic E-state index is 10.9. The van der Waals surface area contributed by atoms with Crippen LogP contribution in [-0.4, -0.2) is 22.8 Å². The quantitative estimate of drug-likeness (QED) is 0.664. The van der Waals surface area contributed by atoms with Crippen molar-refractivity contribution in [2.75, 3.05) is 11.9 Å². The third-order valence-corrected chi connectivity index (χ3v) is 2.66. The fourth-order valence-corrected chi connectivity index (χ4v) is 1.80. The molecule has 0 amide bonds. The van der Waals surface area contributed by atoms with E-state index in [-0.39, 0.29) is 10.7 Å². The number of halogens is 1. The summed E-state index contributed by atoms with van der Waals surface area (Å²) in [5, 5.41) is 3.22. The van der Waals surface area contributed by atoms with Gasteiger partial charge in [0.05, 0.1) is 11.8 Å². The molecule has 0 aliphatic rings. The maximum Gasteiger partial charge on any atom is 0.156 e. The minimum Gasteiger partial charge on any atom is -0.469 e. The average Bonchev–Trinajstić information content (AvgIpc) is 2.81. The molecule has 0 unspecified atom stereocenters. The van der Waals surface area contributed by atoms with Crippen LogP contribution < -0.4 is 5.32 Å². The van der Waals surface area contributed by atoms with E-state index in [4.69, 9.17) is 16.0 Å². The normalized spacial score (nSPS) is 10.3. The lowest BCUT2D eigenvalue weighted by atomic mass is 10.3. The van der Waals surface area contributed by atoms with Gasteiger partial charge in [-0.25, -0.2) is 9.97 Å². The number of aldehydes is 1. The van der Waals surface area contributed by atoms with E-state index in [0.717, 1.165) is 5.76 Å². The second kappa shape index (κ2) is 5.64. The van der Waals surface area contributed by atoms with Gasteiger partial charge in [-0.05, 0) is 19.1 Å². The van der Waals surface area contributed by atoms with Crippen molar-refractivity contribution in [3.05, 3.63) is 40.7 Å². The Labute approximate surface area is 109 Å². The fourth-order valence-electron chi connectivity index (χ4n) is 1.55. The monoisotopic (exact) mass is 265 g/mol. The number of furan rings is 1. The van der Waals surface area contributed by atoms with Gasteiger partial charge in [-0.3, -0.25) is 4.79 Å². The van der Waals surface area contributed by atoms with E-state index in [2.05, 4.69) is 15.3 Å². The van der Waals surface area contributed by atoms with Crippen molar-refractivity contribution in [2.24, 2.45) is 0 Å². The van der Waals surface area contributed by atoms with Crippen molar-refractivity contribution < 1.29 is 9.21 Å². The van der Waals surface area contributed by atoms with Gasteiger partial charge in [0, 0.05) is 13.0 Å². The molecule has 0 spiro atoms. The molecule has 5 nitrogen and oxygen atoms in total. The summed E-state index contributed by atoms with van der Waals surface area (Å²) in [6, 6.07) is 3.72. The summed E-state index contributed by atoms with van der Waals surface area (Å²) in [5.41, 5.74) is 0.279. The molecule has 2 heterocycles. The molecule has 18 heavy (non-hydrogen) atoms. The second-order valence-electron chi connectivity index (χ2n) is 3.70. The lowest BCUT2D eigenvalue weighted by Gasteiger charge is -2.08. The van der Waals surface area contributed by atoms with Crippen LogP contribution in [0.5, 0.6) is 0 Å². The van der Waals surface area contributed by atoms with E-state index in [1.54, 1.807) is 13.2 Å². The molecule has 0 atom stereocenters. The van der Waals surface area contributed by atoms with Crippen LogP contribution in [0.25, 0.3) is 0 Å². The van der Waals surface area contributed by atoms with Crippen LogP contribution in [0, 0.1) is 6.92 Å². The third-order valence-electron chi connectivity index (χ3n) is 2.37. The molecule has 2 aromatic heterocycles. The molecule has 2 rings (SSSR count). The highest BCUT2D eigenvalue weighted by molar-refractivity contribution is 6.32. The standard InChI is InChI=1S/C12H12ClN3O2/c1-8-15-11(13)10(7-17)12(16-8)14-5-4-9-3-2-6-18-9/h2-3,6-7H,4-5H2,1H3,(H,14,15,16). The van der Waals surface area contributed by atoms with Gasteiger partial charge in [0.15, 0.2) is 6.29 Å². The number of carbonyl (C=O) groups excluding carboxylic acids is 1. The maximum absolute atomic E-state index is 10.9. The zero-order valence-electron chi connectivity index (χ0n) is 9.81. The summed E-state index contributed by atoms with van der Waals surface area (Å²) in [5.74, 6) is 1.84. The molecular formula is C12H12ClN3O2. The first kappa shape index (κ1) is 12.6. The Hall–Kier alpha value is -1.88. The molecule has 0 radical (unpaired) electrons. The number of aromatic nitrogens is 2. The van der Waals surface area contributed by atoms with Gasteiger partial charge in [-0.2, -0.15) is 0 Å². The first-order valence-corrected chi connectivity index (χ1v) is 5.84. The van der Waals surface area contributed by atoms with Gasteiger partial charge in [-0.15, -0.1) is 0 Å². The topological polar surface area (TPSA) is 68.0 Å². The predicted molar refractivity (Wildman–Crippen MR) is 68.1 cm³/mol. The Morgan fingerprint density at radius 1 is 1.50 bits per heavy atom. The van der Waals surface area contributed by atoms with Gasteiger partial charge >= 0.3 is 0 Å². The number of nitrogens with zero attached hydrogens (tertiary/aromatic N) is 2. The van der Waals surface area contributed by atoms with Gasteiger partial charge in [0.25, 0.3) is 0 Å². The van der Waals surface area contributed by atoms with E-state index in [0.29, 0.717) is 30.9 Å². The summed E-state index contributed by atoms with van der Waals surface area (Å²) in [4.78, 5) is 19.0. The fraction of sp³-hybridized carbons (Fsp3) is 0.250. The zero-order chi connectivity index (χ0) is 13.0. The molecule has 1 N–H and O–H groups in total. The Morgan fingerprint density at radius 2 is 2.33 bits per heavy atom. The van der Waals surface area contributed by atoms with Gasteiger partial charge in [0.2, 0.25) is 0 Å². The first-order valence-electron chi connectivity index (χ1n) is 5.46. The third kappa shape index (κ3) is 2.87. The van der Waals surface area contributed by atoms with Crippen molar-refractivity contribution in [1.82, 2.24) is 9.97 Å². The van der Waals surface area contributed by atoms with Gasteiger partial charge < -0.3 is 9.73 Å². The van der Waals surface area contributed by atoms with Crippen molar-refractivity contribution >= 4 is 23.7 Å². The van der Waals surface area contributed by atoms with Crippen molar-refractivity contribution in [3.63, 3.8) is 0 Å². The minimum absolute atomic E-state index is 0.165. The zero-order valence-corrected chi connectivity index (χ0v) is 10.6. The van der Waals surface area contributed by atoms with E-state index in [1.807, 2.05) is 12.1 Å². The highest BCUT2D eigenvalue weighted by atomic mass is 35.5. The Kier molecular flexibility index (Phi) is 3.94. The molecule has 0 fully saturated rings. The molecule has 0 aromatic carbocycles. The number of rotatable bonds is 5. The van der Waals surface area contributed by atoms with Crippen LogP contribution in [0.15, 0.2) is 22.8 Å². The van der Waals surface area contributed by atoms with Crippen molar-refractivity contribution in [1.29, 1.82) is 0 Å². The SMILES string of the molecule is Cc1nc(Cl)c(C=O)c(NCCc2ccco2)n1. The highest BCUT2D eigenvalue weighted by Crippen LogP contribution is 2.18. The predicted octanol–water partition coefficient (Wildman–Crippen LogP) is 2.50. The number of hydrogen-bond donors (Lipinski definition) is 1.